The number of nitro groups is 1. The van der Waals surface area contributed by atoms with Gasteiger partial charge >= 0.3 is 0 Å². The van der Waals surface area contributed by atoms with Gasteiger partial charge in [-0.15, -0.1) is 0 Å². The van der Waals surface area contributed by atoms with Gasteiger partial charge in [0.15, 0.2) is 6.61 Å². The second kappa shape index (κ2) is 9.88. The number of hydrogen-bond acceptors (Lipinski definition) is 6. The number of ether oxygens (including phenoxy) is 1. The number of nitrogens with one attached hydrogen (secondary N) is 1. The van der Waals surface area contributed by atoms with E-state index in [0.717, 1.165) is 6.07 Å². The molecule has 30 heavy (non-hydrogen) atoms. The molecule has 0 aliphatic carbocycles. The predicted octanol–water partition coefficient (Wildman–Crippen LogP) is 3.60. The summed E-state index contributed by atoms with van der Waals surface area (Å²) in [4.78, 5) is 22.5. The first-order valence-electron chi connectivity index (χ1n) is 9.07. The van der Waals surface area contributed by atoms with Crippen molar-refractivity contribution in [2.75, 3.05) is 25.0 Å². The van der Waals surface area contributed by atoms with Crippen LogP contribution < -0.4 is 10.1 Å². The molecular weight excluding hydrogens is 434 g/mol. The van der Waals surface area contributed by atoms with Gasteiger partial charge in [0.05, 0.1) is 14.8 Å². The Kier molecular flexibility index (Phi) is 7.77. The fourth-order valence-electron chi connectivity index (χ4n) is 2.66. The fourth-order valence-corrected chi connectivity index (χ4v) is 4.37. The molecule has 0 radical (unpaired) electrons. The van der Waals surface area contributed by atoms with Crippen LogP contribution in [0, 0.1) is 17.0 Å². The highest BCUT2D eigenvalue weighted by Crippen LogP contribution is 2.29. The van der Waals surface area contributed by atoms with Gasteiger partial charge in [-0.05, 0) is 30.7 Å². The number of carbonyl (C=O) groups excluding carboxylic acids is 1. The Morgan fingerprint density at radius 3 is 2.43 bits per heavy atom. The molecule has 0 aliphatic rings. The molecule has 0 bridgehead atoms. The molecule has 0 saturated carbocycles. The summed E-state index contributed by atoms with van der Waals surface area (Å²) in [5.41, 5.74) is 0.820. The van der Waals surface area contributed by atoms with Gasteiger partial charge in [-0.1, -0.05) is 31.5 Å². The van der Waals surface area contributed by atoms with E-state index in [9.17, 15) is 23.3 Å². The number of hydrogen-bond donors (Lipinski definition) is 1. The van der Waals surface area contributed by atoms with Crippen LogP contribution in [0.25, 0.3) is 0 Å². The molecule has 1 N–H and O–H groups in total. The average molecular weight is 456 g/mol. The van der Waals surface area contributed by atoms with E-state index < -0.39 is 27.5 Å². The number of aryl methyl sites for hydroxylation is 1. The van der Waals surface area contributed by atoms with Crippen molar-refractivity contribution in [2.24, 2.45) is 0 Å². The van der Waals surface area contributed by atoms with E-state index in [2.05, 4.69) is 5.32 Å². The lowest BCUT2D eigenvalue weighted by atomic mass is 10.2. The molecule has 2 rings (SSSR count). The lowest BCUT2D eigenvalue weighted by molar-refractivity contribution is -0.384. The molecule has 2 aromatic rings. The van der Waals surface area contributed by atoms with Gasteiger partial charge in [-0.2, -0.15) is 4.31 Å². The molecule has 0 fully saturated rings. The van der Waals surface area contributed by atoms with E-state index in [1.54, 1.807) is 26.8 Å². The highest BCUT2D eigenvalue weighted by Gasteiger charge is 2.22. The van der Waals surface area contributed by atoms with Gasteiger partial charge in [-0.3, -0.25) is 14.9 Å². The quantitative estimate of drug-likeness (QED) is 0.455. The summed E-state index contributed by atoms with van der Waals surface area (Å²) < 4.78 is 32.0. The molecule has 0 spiro atoms. The molecule has 1 amide bonds. The van der Waals surface area contributed by atoms with Gasteiger partial charge in [0, 0.05) is 30.9 Å². The molecule has 0 atom stereocenters. The fraction of sp³-hybridized carbons (Fsp3) is 0.316. The first kappa shape index (κ1) is 23.6. The molecule has 0 aliphatic heterocycles. The Balaban J connectivity index is 2.13. The Morgan fingerprint density at radius 1 is 1.20 bits per heavy atom. The lowest BCUT2D eigenvalue weighted by Gasteiger charge is -2.19. The molecular formula is C19H22ClN3O6S. The van der Waals surface area contributed by atoms with Crippen LogP contribution in [0.2, 0.25) is 5.02 Å². The summed E-state index contributed by atoms with van der Waals surface area (Å²) in [7, 11) is -3.67. The number of halogens is 1. The van der Waals surface area contributed by atoms with Gasteiger partial charge in [0.2, 0.25) is 10.0 Å². The van der Waals surface area contributed by atoms with Gasteiger partial charge in [0.1, 0.15) is 5.75 Å². The van der Waals surface area contributed by atoms with Crippen molar-refractivity contribution >= 4 is 38.9 Å². The first-order chi connectivity index (χ1) is 14.1. The molecule has 0 unspecified atom stereocenters. The minimum absolute atomic E-state index is 0.000457. The van der Waals surface area contributed by atoms with Gasteiger partial charge in [0.25, 0.3) is 11.6 Å². The summed E-state index contributed by atoms with van der Waals surface area (Å²) >= 11 is 5.94. The van der Waals surface area contributed by atoms with Crippen molar-refractivity contribution in [3.05, 3.63) is 57.1 Å². The number of anilines is 1. The second-order valence-corrected chi connectivity index (χ2v) is 8.62. The van der Waals surface area contributed by atoms with Crippen molar-refractivity contribution in [3.63, 3.8) is 0 Å². The third kappa shape index (κ3) is 5.47. The van der Waals surface area contributed by atoms with Crippen molar-refractivity contribution < 1.29 is 22.9 Å². The third-order valence-electron chi connectivity index (χ3n) is 4.31. The van der Waals surface area contributed by atoms with Crippen LogP contribution in [0.5, 0.6) is 5.75 Å². The number of nitro benzene ring substituents is 1. The summed E-state index contributed by atoms with van der Waals surface area (Å²) in [5, 5.41) is 13.4. The van der Waals surface area contributed by atoms with Crippen LogP contribution in [0.4, 0.5) is 11.4 Å². The van der Waals surface area contributed by atoms with Crippen molar-refractivity contribution in [1.82, 2.24) is 4.31 Å². The first-order valence-corrected chi connectivity index (χ1v) is 10.9. The van der Waals surface area contributed by atoms with Crippen LogP contribution in [-0.4, -0.2) is 43.2 Å². The summed E-state index contributed by atoms with van der Waals surface area (Å²) in [6, 6.07) is 8.15. The number of benzene rings is 2. The van der Waals surface area contributed by atoms with Crippen LogP contribution in [0.1, 0.15) is 19.4 Å². The average Bonchev–Trinajstić information content (AvgIpc) is 2.69. The molecule has 11 heteroatoms. The monoisotopic (exact) mass is 455 g/mol. The minimum Gasteiger partial charge on any atom is -0.482 e. The maximum atomic E-state index is 12.7. The topological polar surface area (TPSA) is 119 Å². The van der Waals surface area contributed by atoms with Crippen LogP contribution in [-0.2, 0) is 14.8 Å². The van der Waals surface area contributed by atoms with E-state index in [4.69, 9.17) is 16.3 Å². The molecule has 0 saturated heterocycles. The van der Waals surface area contributed by atoms with E-state index >= 15 is 0 Å². The number of amides is 1. The molecule has 0 heterocycles. The van der Waals surface area contributed by atoms with E-state index in [-0.39, 0.29) is 21.4 Å². The summed E-state index contributed by atoms with van der Waals surface area (Å²) in [6.07, 6.45) is 0. The predicted molar refractivity (Wildman–Crippen MR) is 114 cm³/mol. The highest BCUT2D eigenvalue weighted by molar-refractivity contribution is 7.89. The largest absolute Gasteiger partial charge is 0.482 e. The van der Waals surface area contributed by atoms with E-state index in [1.165, 1.54) is 28.6 Å². The Hall–Kier alpha value is -2.69. The summed E-state index contributed by atoms with van der Waals surface area (Å²) in [6.45, 7) is 5.48. The number of nitrogens with zero attached hydrogens (tertiary/aromatic N) is 2. The molecule has 9 nitrogen and oxygen atoms in total. The number of non-ortho nitro benzene ring substituents is 1. The Bertz CT molecular complexity index is 1050. The normalized spacial score (nSPS) is 11.4. The second-order valence-electron chi connectivity index (χ2n) is 6.27. The Morgan fingerprint density at radius 2 is 1.87 bits per heavy atom. The zero-order valence-electron chi connectivity index (χ0n) is 16.7. The summed E-state index contributed by atoms with van der Waals surface area (Å²) in [5.74, 6) is -0.420. The van der Waals surface area contributed by atoms with Crippen LogP contribution >= 0.6 is 11.6 Å². The zero-order valence-corrected chi connectivity index (χ0v) is 18.3. The maximum Gasteiger partial charge on any atom is 0.271 e. The van der Waals surface area contributed by atoms with E-state index in [0.29, 0.717) is 24.3 Å². The maximum absolute atomic E-state index is 12.7. The Labute approximate surface area is 179 Å². The smallest absolute Gasteiger partial charge is 0.271 e. The molecule has 162 valence electrons. The van der Waals surface area contributed by atoms with Gasteiger partial charge < -0.3 is 10.1 Å². The minimum atomic E-state index is -3.67. The third-order valence-corrected chi connectivity index (χ3v) is 6.65. The SMILES string of the molecule is CCN(CC)S(=O)(=O)c1ccc(C)c(NC(=O)COc2ccc([N+](=O)[O-])cc2Cl)c1. The standard InChI is InChI=1S/C19H22ClN3O6S/c1-4-22(5-2)30(27,28)15-8-6-13(3)17(11-15)21-19(24)12-29-18-9-7-14(23(25)26)10-16(18)20/h6-11H,4-5,12H2,1-3H3,(H,21,24). The number of sulfonamides is 1. The van der Waals surface area contributed by atoms with Crippen LogP contribution in [0.3, 0.4) is 0 Å². The number of rotatable bonds is 9. The number of carbonyl (C=O) groups is 1. The van der Waals surface area contributed by atoms with Gasteiger partial charge in [-0.25, -0.2) is 8.42 Å². The molecule has 0 aromatic heterocycles. The molecule has 2 aromatic carbocycles. The van der Waals surface area contributed by atoms with E-state index in [1.807, 2.05) is 0 Å². The van der Waals surface area contributed by atoms with Crippen molar-refractivity contribution in [3.8, 4) is 5.75 Å². The zero-order chi connectivity index (χ0) is 22.5. The highest BCUT2D eigenvalue weighted by atomic mass is 35.5. The van der Waals surface area contributed by atoms with Crippen LogP contribution in [0.15, 0.2) is 41.3 Å². The van der Waals surface area contributed by atoms with Crippen molar-refractivity contribution in [1.29, 1.82) is 0 Å². The lowest BCUT2D eigenvalue weighted by Crippen LogP contribution is -2.30. The van der Waals surface area contributed by atoms with Crippen molar-refractivity contribution in [2.45, 2.75) is 25.7 Å².